The summed E-state index contributed by atoms with van der Waals surface area (Å²) in [5.41, 5.74) is 6.83. The molecule has 0 atom stereocenters. The molecule has 0 heterocycles. The van der Waals surface area contributed by atoms with Gasteiger partial charge in [-0.05, 0) is 35.4 Å². The van der Waals surface area contributed by atoms with Crippen molar-refractivity contribution < 1.29 is 9.59 Å². The van der Waals surface area contributed by atoms with Gasteiger partial charge >= 0.3 is 0 Å². The molecule has 0 fully saturated rings. The minimum absolute atomic E-state index is 0.102. The summed E-state index contributed by atoms with van der Waals surface area (Å²) in [6.45, 7) is 0.636. The fraction of sp³-hybridized carbons (Fsp3) is 0.158. The van der Waals surface area contributed by atoms with Crippen molar-refractivity contribution in [3.63, 3.8) is 0 Å². The topological polar surface area (TPSA) is 63.4 Å². The van der Waals surface area contributed by atoms with E-state index < -0.39 is 5.91 Å². The number of nitrogens with zero attached hydrogens (tertiary/aromatic N) is 1. The van der Waals surface area contributed by atoms with Crippen LogP contribution in [0.2, 0.25) is 10.0 Å². The highest BCUT2D eigenvalue weighted by Gasteiger charge is 2.12. The Kier molecular flexibility index (Phi) is 7.04. The molecular weight excluding hydrogens is 359 g/mol. The lowest BCUT2D eigenvalue weighted by Crippen LogP contribution is -2.32. The zero-order valence-corrected chi connectivity index (χ0v) is 15.0. The Balaban J connectivity index is 2.14. The van der Waals surface area contributed by atoms with Crippen LogP contribution in [0.4, 0.5) is 0 Å². The Hall–Kier alpha value is -2.30. The van der Waals surface area contributed by atoms with Gasteiger partial charge < -0.3 is 10.6 Å². The molecular formula is C19H18Cl2N2O2. The van der Waals surface area contributed by atoms with Crippen molar-refractivity contribution in [1.82, 2.24) is 4.90 Å². The molecule has 0 aromatic heterocycles. The molecule has 0 saturated carbocycles. The second-order valence-electron chi connectivity index (χ2n) is 5.46. The highest BCUT2D eigenvalue weighted by atomic mass is 35.5. The first-order chi connectivity index (χ1) is 12.0. The normalized spacial score (nSPS) is 10.8. The van der Waals surface area contributed by atoms with Crippen LogP contribution in [-0.2, 0) is 16.1 Å². The zero-order valence-electron chi connectivity index (χ0n) is 13.5. The number of hydrogen-bond donors (Lipinski definition) is 1. The Morgan fingerprint density at radius 3 is 2.48 bits per heavy atom. The van der Waals surface area contributed by atoms with E-state index in [1.807, 2.05) is 30.3 Å². The molecule has 0 radical (unpaired) electrons. The van der Waals surface area contributed by atoms with Crippen LogP contribution in [0.15, 0.2) is 54.6 Å². The molecule has 6 heteroatoms. The Labute approximate surface area is 156 Å². The molecule has 0 aliphatic rings. The van der Waals surface area contributed by atoms with Crippen LogP contribution in [0.25, 0.3) is 6.08 Å². The van der Waals surface area contributed by atoms with Crippen molar-refractivity contribution in [3.05, 3.63) is 75.8 Å². The van der Waals surface area contributed by atoms with Gasteiger partial charge in [-0.25, -0.2) is 0 Å². The number of hydrogen-bond acceptors (Lipinski definition) is 2. The highest BCUT2D eigenvalue weighted by molar-refractivity contribution is 6.34. The second-order valence-corrected chi connectivity index (χ2v) is 6.30. The summed E-state index contributed by atoms with van der Waals surface area (Å²) in [7, 11) is 0. The third-order valence-corrected chi connectivity index (χ3v) is 4.10. The van der Waals surface area contributed by atoms with E-state index in [1.165, 1.54) is 6.08 Å². The smallest absolute Gasteiger partial charge is 0.246 e. The van der Waals surface area contributed by atoms with Gasteiger partial charge in [-0.1, -0.05) is 53.5 Å². The molecule has 25 heavy (non-hydrogen) atoms. The molecule has 0 aliphatic heterocycles. The van der Waals surface area contributed by atoms with E-state index in [9.17, 15) is 9.59 Å². The van der Waals surface area contributed by atoms with Gasteiger partial charge in [-0.2, -0.15) is 0 Å². The summed E-state index contributed by atoms with van der Waals surface area (Å²) in [5, 5.41) is 1.03. The standard InChI is InChI=1S/C19H18Cl2N2O2/c20-16-7-8-17(21)15(12-16)6-9-19(25)23(11-10-18(22)24)13-14-4-2-1-3-5-14/h1-9,12H,10-11,13H2,(H2,22,24)/b9-6+. The van der Waals surface area contributed by atoms with Gasteiger partial charge in [0.2, 0.25) is 11.8 Å². The Bertz CT molecular complexity index is 776. The molecule has 2 aromatic carbocycles. The first kappa shape index (κ1) is 19.0. The van der Waals surface area contributed by atoms with Crippen molar-refractivity contribution in [2.45, 2.75) is 13.0 Å². The van der Waals surface area contributed by atoms with Crippen LogP contribution in [-0.4, -0.2) is 23.3 Å². The number of benzene rings is 2. The van der Waals surface area contributed by atoms with Crippen LogP contribution < -0.4 is 5.73 Å². The van der Waals surface area contributed by atoms with Gasteiger partial charge in [-0.15, -0.1) is 0 Å². The predicted molar refractivity (Wildman–Crippen MR) is 101 cm³/mol. The number of carbonyl (C=O) groups excluding carboxylic acids is 2. The van der Waals surface area contributed by atoms with Crippen LogP contribution in [0.5, 0.6) is 0 Å². The molecule has 2 rings (SSSR count). The summed E-state index contributed by atoms with van der Waals surface area (Å²) in [6.07, 6.45) is 3.13. The van der Waals surface area contributed by atoms with Crippen LogP contribution in [0.1, 0.15) is 17.5 Å². The average molecular weight is 377 g/mol. The van der Waals surface area contributed by atoms with Crippen LogP contribution in [0.3, 0.4) is 0 Å². The lowest BCUT2D eigenvalue weighted by atomic mass is 10.2. The minimum Gasteiger partial charge on any atom is -0.370 e. The summed E-state index contributed by atoms with van der Waals surface area (Å²) < 4.78 is 0. The summed E-state index contributed by atoms with van der Waals surface area (Å²) in [5.74, 6) is -0.686. The fourth-order valence-electron chi connectivity index (χ4n) is 2.22. The minimum atomic E-state index is -0.451. The van der Waals surface area contributed by atoms with Gasteiger partial charge in [0, 0.05) is 35.6 Å². The fourth-order valence-corrected chi connectivity index (χ4v) is 2.59. The summed E-state index contributed by atoms with van der Waals surface area (Å²) >= 11 is 12.0. The largest absolute Gasteiger partial charge is 0.370 e. The Morgan fingerprint density at radius 1 is 1.08 bits per heavy atom. The number of halogens is 2. The molecule has 2 amide bonds. The van der Waals surface area contributed by atoms with E-state index in [4.69, 9.17) is 28.9 Å². The average Bonchev–Trinajstić information content (AvgIpc) is 2.59. The number of nitrogens with two attached hydrogens (primary N) is 1. The molecule has 0 spiro atoms. The second kappa shape index (κ2) is 9.25. The van der Waals surface area contributed by atoms with E-state index in [1.54, 1.807) is 29.2 Å². The van der Waals surface area contributed by atoms with Crippen molar-refractivity contribution >= 4 is 41.1 Å². The summed E-state index contributed by atoms with van der Waals surface area (Å²) in [6, 6.07) is 14.6. The molecule has 4 nitrogen and oxygen atoms in total. The summed E-state index contributed by atoms with van der Waals surface area (Å²) in [4.78, 5) is 25.2. The SMILES string of the molecule is NC(=O)CCN(Cc1ccccc1)C(=O)/C=C/c1cc(Cl)ccc1Cl. The number of primary amides is 1. The van der Waals surface area contributed by atoms with E-state index in [-0.39, 0.29) is 18.9 Å². The van der Waals surface area contributed by atoms with E-state index in [2.05, 4.69) is 0 Å². The third-order valence-electron chi connectivity index (χ3n) is 3.52. The highest BCUT2D eigenvalue weighted by Crippen LogP contribution is 2.22. The maximum Gasteiger partial charge on any atom is 0.246 e. The molecule has 0 saturated heterocycles. The van der Waals surface area contributed by atoms with Crippen molar-refractivity contribution in [3.8, 4) is 0 Å². The van der Waals surface area contributed by atoms with Crippen molar-refractivity contribution in [2.75, 3.05) is 6.54 Å². The third kappa shape index (κ3) is 6.25. The molecule has 130 valence electrons. The van der Waals surface area contributed by atoms with Gasteiger partial charge in [0.1, 0.15) is 0 Å². The quantitative estimate of drug-likeness (QED) is 0.744. The number of rotatable bonds is 7. The van der Waals surface area contributed by atoms with Gasteiger partial charge in [-0.3, -0.25) is 9.59 Å². The number of carbonyl (C=O) groups is 2. The van der Waals surface area contributed by atoms with Gasteiger partial charge in [0.25, 0.3) is 0 Å². The molecule has 2 aromatic rings. The molecule has 2 N–H and O–H groups in total. The van der Waals surface area contributed by atoms with Crippen LogP contribution >= 0.6 is 23.2 Å². The molecule has 0 bridgehead atoms. The monoisotopic (exact) mass is 376 g/mol. The maximum absolute atomic E-state index is 12.5. The Morgan fingerprint density at radius 2 is 1.80 bits per heavy atom. The van der Waals surface area contributed by atoms with E-state index in [0.29, 0.717) is 22.2 Å². The van der Waals surface area contributed by atoms with Crippen molar-refractivity contribution in [1.29, 1.82) is 0 Å². The first-order valence-corrected chi connectivity index (χ1v) is 8.45. The van der Waals surface area contributed by atoms with Gasteiger partial charge in [0.05, 0.1) is 0 Å². The van der Waals surface area contributed by atoms with E-state index >= 15 is 0 Å². The zero-order chi connectivity index (χ0) is 18.2. The van der Waals surface area contributed by atoms with Crippen molar-refractivity contribution in [2.24, 2.45) is 5.73 Å². The van der Waals surface area contributed by atoms with Gasteiger partial charge in [0.15, 0.2) is 0 Å². The molecule has 0 aliphatic carbocycles. The predicted octanol–water partition coefficient (Wildman–Crippen LogP) is 3.91. The lowest BCUT2D eigenvalue weighted by molar-refractivity contribution is -0.127. The number of amides is 2. The van der Waals surface area contributed by atoms with Crippen LogP contribution in [0, 0.1) is 0 Å². The maximum atomic E-state index is 12.5. The van der Waals surface area contributed by atoms with E-state index in [0.717, 1.165) is 5.56 Å². The lowest BCUT2D eigenvalue weighted by Gasteiger charge is -2.20. The molecule has 0 unspecified atom stereocenters. The first-order valence-electron chi connectivity index (χ1n) is 7.70.